The number of nitrogens with one attached hydrogen (secondary N) is 2. The molecule has 57 heavy (non-hydrogen) atoms. The Balaban J connectivity index is 1.91. The Kier molecular flexibility index (Phi) is 15.8. The lowest BCUT2D eigenvalue weighted by molar-refractivity contribution is -0.124. The number of methoxy groups -OCH3 is 2. The molecule has 1 aromatic heterocycles. The molecule has 0 bridgehead atoms. The van der Waals surface area contributed by atoms with Crippen molar-refractivity contribution in [2.75, 3.05) is 25.1 Å². The Labute approximate surface area is 338 Å². The predicted molar refractivity (Wildman–Crippen MR) is 212 cm³/mol. The minimum atomic E-state index is -4.75. The average Bonchev–Trinajstić information content (AvgIpc) is 3.61. The molecule has 0 aliphatic heterocycles. The number of amides is 2. The summed E-state index contributed by atoms with van der Waals surface area (Å²) in [7, 11) is -1.88. The van der Waals surface area contributed by atoms with E-state index in [1.165, 1.54) is 14.2 Å². The molecule has 1 heterocycles. The van der Waals surface area contributed by atoms with Gasteiger partial charge in [-0.1, -0.05) is 13.8 Å². The molecule has 2 atom stereocenters. The van der Waals surface area contributed by atoms with Crippen LogP contribution >= 0.6 is 11.5 Å². The summed E-state index contributed by atoms with van der Waals surface area (Å²) in [6.07, 6.45) is -0.0341. The molecule has 0 radical (unpaired) electrons. The van der Waals surface area contributed by atoms with E-state index >= 15 is 8.78 Å². The molecule has 2 N–H and O–H groups in total. The zero-order valence-corrected chi connectivity index (χ0v) is 36.1. The summed E-state index contributed by atoms with van der Waals surface area (Å²) < 4.78 is 85.6. The van der Waals surface area contributed by atoms with E-state index in [2.05, 4.69) is 20.0 Å². The Morgan fingerprint density at radius 3 is 2.12 bits per heavy atom. The van der Waals surface area contributed by atoms with Gasteiger partial charge in [-0.05, 0) is 96.9 Å². The van der Waals surface area contributed by atoms with Gasteiger partial charge in [0.15, 0.2) is 0 Å². The number of hydrogen-bond acceptors (Lipinski definition) is 12. The number of Topliss-reactive ketones (excluding diaryl/α,β-unsaturated/α-hetero) is 1. The molecule has 0 saturated heterocycles. The van der Waals surface area contributed by atoms with Crippen LogP contribution in [0.15, 0.2) is 41.6 Å². The Morgan fingerprint density at radius 1 is 0.895 bits per heavy atom. The number of alkyl carbamates (subject to hydrolysis) is 2. The van der Waals surface area contributed by atoms with Crippen LogP contribution < -0.4 is 24.4 Å². The van der Waals surface area contributed by atoms with Gasteiger partial charge in [-0.2, -0.15) is 4.37 Å². The Morgan fingerprint density at radius 2 is 1.54 bits per heavy atom. The molecule has 3 aromatic rings. The van der Waals surface area contributed by atoms with Gasteiger partial charge < -0.3 is 29.6 Å². The molecule has 0 spiro atoms. The van der Waals surface area contributed by atoms with E-state index in [1.807, 2.05) is 13.8 Å². The smallest absolute Gasteiger partial charge is 0.407 e. The van der Waals surface area contributed by atoms with Crippen LogP contribution in [0.1, 0.15) is 92.7 Å². The lowest BCUT2D eigenvalue weighted by Gasteiger charge is -2.33. The number of aromatic nitrogens is 2. The second-order valence-electron chi connectivity index (χ2n) is 16.3. The van der Waals surface area contributed by atoms with Crippen molar-refractivity contribution < 1.29 is 50.5 Å². The van der Waals surface area contributed by atoms with Gasteiger partial charge in [0.25, 0.3) is 10.0 Å². The number of rotatable bonds is 18. The van der Waals surface area contributed by atoms with Crippen molar-refractivity contribution in [1.82, 2.24) is 20.0 Å². The molecular formula is C39H55F2N5O9S2. The second-order valence-corrected chi connectivity index (χ2v) is 18.9. The number of halogens is 2. The Hall–Kier alpha value is -4.58. The van der Waals surface area contributed by atoms with Crippen molar-refractivity contribution in [3.05, 3.63) is 59.4 Å². The van der Waals surface area contributed by atoms with E-state index in [1.54, 1.807) is 66.7 Å². The molecule has 0 saturated carbocycles. The predicted octanol–water partition coefficient (Wildman–Crippen LogP) is 7.59. The van der Waals surface area contributed by atoms with E-state index in [-0.39, 0.29) is 48.8 Å². The van der Waals surface area contributed by atoms with Gasteiger partial charge in [-0.25, -0.2) is 36.1 Å². The van der Waals surface area contributed by atoms with Gasteiger partial charge in [-0.3, -0.25) is 4.79 Å². The van der Waals surface area contributed by atoms with E-state index in [9.17, 15) is 22.8 Å². The van der Waals surface area contributed by atoms with Crippen LogP contribution in [0.3, 0.4) is 0 Å². The van der Waals surface area contributed by atoms with Crippen molar-refractivity contribution in [1.29, 1.82) is 0 Å². The fourth-order valence-electron chi connectivity index (χ4n) is 5.87. The van der Waals surface area contributed by atoms with Crippen LogP contribution in [0.2, 0.25) is 0 Å². The van der Waals surface area contributed by atoms with Crippen molar-refractivity contribution in [2.24, 2.45) is 11.3 Å². The minimum Gasteiger partial charge on any atom is -0.497 e. The van der Waals surface area contributed by atoms with Gasteiger partial charge in [-0.15, -0.1) is 0 Å². The van der Waals surface area contributed by atoms with Gasteiger partial charge >= 0.3 is 12.2 Å². The van der Waals surface area contributed by atoms with Gasteiger partial charge in [0.05, 0.1) is 20.8 Å². The molecule has 2 aromatic carbocycles. The number of anilines is 1. The zero-order valence-electron chi connectivity index (χ0n) is 34.4. The molecule has 0 unspecified atom stereocenters. The summed E-state index contributed by atoms with van der Waals surface area (Å²) >= 11 is 0.759. The topological polar surface area (TPSA) is 175 Å². The molecule has 0 aliphatic carbocycles. The first-order valence-electron chi connectivity index (χ1n) is 18.3. The fourth-order valence-corrected chi connectivity index (χ4v) is 8.10. The number of benzene rings is 2. The number of hydrogen-bond donors (Lipinski definition) is 2. The minimum absolute atomic E-state index is 0.0773. The number of carbonyl (C=O) groups excluding carboxylic acids is 3. The molecule has 2 amide bonds. The number of ether oxygens (including phenoxy) is 4. The monoisotopic (exact) mass is 839 g/mol. The Bertz CT molecular complexity index is 1960. The first kappa shape index (κ1) is 46.8. The highest BCUT2D eigenvalue weighted by Gasteiger charge is 2.35. The maximum atomic E-state index is 15.5. The van der Waals surface area contributed by atoms with Crippen LogP contribution in [0, 0.1) is 23.0 Å². The normalized spacial score (nSPS) is 13.3. The number of ketones is 1. The van der Waals surface area contributed by atoms with Crippen LogP contribution in [0.4, 0.5) is 23.5 Å². The summed E-state index contributed by atoms with van der Waals surface area (Å²) in [5.74, 6) is -2.79. The van der Waals surface area contributed by atoms with Crippen molar-refractivity contribution in [3.8, 4) is 11.5 Å². The number of carbonyl (C=O) groups is 3. The third-order valence-corrected chi connectivity index (χ3v) is 11.2. The highest BCUT2D eigenvalue weighted by Crippen LogP contribution is 2.35. The maximum Gasteiger partial charge on any atom is 0.407 e. The van der Waals surface area contributed by atoms with Crippen LogP contribution in [0.25, 0.3) is 0 Å². The third-order valence-electron chi connectivity index (χ3n) is 8.68. The zero-order chi connectivity index (χ0) is 42.9. The van der Waals surface area contributed by atoms with Crippen LogP contribution in [-0.2, 0) is 37.3 Å². The van der Waals surface area contributed by atoms with E-state index in [0.29, 0.717) is 29.5 Å². The summed E-state index contributed by atoms with van der Waals surface area (Å²) in [6.45, 7) is 15.7. The highest BCUT2D eigenvalue weighted by atomic mass is 32.2. The van der Waals surface area contributed by atoms with Gasteiger partial charge in [0.1, 0.15) is 51.3 Å². The molecule has 316 valence electrons. The quantitative estimate of drug-likeness (QED) is 0.129. The number of nitrogens with zero attached hydrogens (tertiary/aromatic N) is 3. The first-order valence-corrected chi connectivity index (χ1v) is 20.5. The summed E-state index contributed by atoms with van der Waals surface area (Å²) in [5, 5.41) is 5.38. The van der Waals surface area contributed by atoms with Crippen molar-refractivity contribution in [2.45, 2.75) is 117 Å². The second kappa shape index (κ2) is 19.2. The van der Waals surface area contributed by atoms with Gasteiger partial charge in [0.2, 0.25) is 5.13 Å². The summed E-state index contributed by atoms with van der Waals surface area (Å²) in [6, 6.07) is 5.38. The molecule has 14 nitrogen and oxygen atoms in total. The summed E-state index contributed by atoms with van der Waals surface area (Å²) in [5.41, 5.74) is -1.86. The summed E-state index contributed by atoms with van der Waals surface area (Å²) in [4.78, 5) is 42.3. The van der Waals surface area contributed by atoms with Gasteiger partial charge in [0, 0.05) is 54.2 Å². The molecule has 18 heteroatoms. The van der Waals surface area contributed by atoms with Crippen LogP contribution in [0.5, 0.6) is 11.5 Å². The first-order chi connectivity index (χ1) is 26.4. The van der Waals surface area contributed by atoms with Crippen molar-refractivity contribution >= 4 is 44.7 Å². The largest absolute Gasteiger partial charge is 0.497 e. The lowest BCUT2D eigenvalue weighted by atomic mass is 9.75. The van der Waals surface area contributed by atoms with E-state index < -0.39 is 67.3 Å². The standard InChI is InChI=1S/C39H55F2N5O9S2/c1-24(45-36(49)55-38(5,6)7)28(21-39(8,9)16-17-42-35(48)54-37(2,3)4)31(47)15-13-25-18-33(30(41)20-29(25)40)57(50,51)46(34-43-23-44-56-34)22-26-12-14-27(52-10)19-32(26)53-11/h12,14,18-20,23-24,28H,13,15-17,21-22H2,1-11H3,(H,42,48)(H,45,49)/t24-,28-/m1/s1. The third kappa shape index (κ3) is 14.1. The van der Waals surface area contributed by atoms with Crippen LogP contribution in [-0.4, -0.2) is 73.8 Å². The average molecular weight is 840 g/mol. The van der Waals surface area contributed by atoms with Crippen molar-refractivity contribution in [3.63, 3.8) is 0 Å². The molecule has 0 fully saturated rings. The van der Waals surface area contributed by atoms with E-state index in [0.717, 1.165) is 28.2 Å². The lowest BCUT2D eigenvalue weighted by Crippen LogP contribution is -2.45. The fraction of sp³-hybridized carbons (Fsp3) is 0.564. The maximum absolute atomic E-state index is 15.5. The highest BCUT2D eigenvalue weighted by molar-refractivity contribution is 7.93. The molecule has 0 aliphatic rings. The molecular weight excluding hydrogens is 785 g/mol. The SMILES string of the molecule is COc1ccc(CN(c2ncns2)S(=O)(=O)c2cc(CCC(=O)[C@H](CC(C)(C)CCNC(=O)OC(C)(C)C)[C@@H](C)NC(=O)OC(C)(C)C)c(F)cc2F)c(OC)c1. The van der Waals surface area contributed by atoms with E-state index in [4.69, 9.17) is 18.9 Å². The number of sulfonamides is 1. The number of aryl methyl sites for hydroxylation is 1. The molecule has 3 rings (SSSR count).